The van der Waals surface area contributed by atoms with E-state index in [2.05, 4.69) is 10.5 Å². The van der Waals surface area contributed by atoms with Crippen molar-refractivity contribution in [3.8, 4) is 5.75 Å². The Morgan fingerprint density at radius 1 is 1.11 bits per heavy atom. The van der Waals surface area contributed by atoms with E-state index in [4.69, 9.17) is 16.3 Å². The fourth-order valence-corrected chi connectivity index (χ4v) is 2.53. The average Bonchev–Trinajstić information content (AvgIpc) is 2.69. The molecule has 3 rings (SSSR count). The maximum atomic E-state index is 13.7. The number of benzene rings is 3. The van der Waals surface area contributed by atoms with Gasteiger partial charge in [0.1, 0.15) is 18.2 Å². The van der Waals surface area contributed by atoms with Crippen LogP contribution in [0.4, 0.5) is 15.8 Å². The lowest BCUT2D eigenvalue weighted by atomic mass is 10.2. The number of nitrogens with one attached hydrogen (secondary N) is 1. The van der Waals surface area contributed by atoms with Gasteiger partial charge in [-0.15, -0.1) is 0 Å². The standard InChI is InChI=1S/C20H15ClFN3O3/c21-19-2-1-3-20(22)18(19)13-28-17-10-4-14(5-11-17)12-23-24-15-6-8-16(9-7-15)25(26)27/h1-12,24H,13H2. The first-order valence-corrected chi connectivity index (χ1v) is 8.60. The number of hydrogen-bond acceptors (Lipinski definition) is 5. The highest BCUT2D eigenvalue weighted by Gasteiger charge is 2.07. The summed E-state index contributed by atoms with van der Waals surface area (Å²) in [7, 11) is 0. The summed E-state index contributed by atoms with van der Waals surface area (Å²) >= 11 is 5.98. The van der Waals surface area contributed by atoms with Crippen molar-refractivity contribution in [2.24, 2.45) is 5.10 Å². The molecule has 0 heterocycles. The molecule has 1 N–H and O–H groups in total. The molecule has 0 aliphatic carbocycles. The van der Waals surface area contributed by atoms with Crippen molar-refractivity contribution in [3.63, 3.8) is 0 Å². The van der Waals surface area contributed by atoms with Crippen LogP contribution in [0.3, 0.4) is 0 Å². The Hall–Kier alpha value is -3.45. The van der Waals surface area contributed by atoms with Crippen molar-refractivity contribution < 1.29 is 14.1 Å². The molecular weight excluding hydrogens is 385 g/mol. The minimum absolute atomic E-state index is 0.0155. The molecular formula is C20H15ClFN3O3. The molecule has 0 aromatic heterocycles. The number of anilines is 1. The first-order chi connectivity index (χ1) is 13.5. The molecule has 0 unspecified atom stereocenters. The first-order valence-electron chi connectivity index (χ1n) is 8.22. The van der Waals surface area contributed by atoms with Gasteiger partial charge in [0, 0.05) is 17.7 Å². The van der Waals surface area contributed by atoms with Gasteiger partial charge in [-0.2, -0.15) is 5.10 Å². The Bertz CT molecular complexity index is 972. The lowest BCUT2D eigenvalue weighted by Gasteiger charge is -2.09. The second-order valence-electron chi connectivity index (χ2n) is 5.73. The molecule has 0 radical (unpaired) electrons. The summed E-state index contributed by atoms with van der Waals surface area (Å²) in [5.41, 5.74) is 4.55. The molecule has 0 aliphatic heterocycles. The van der Waals surface area contributed by atoms with Crippen LogP contribution in [0.5, 0.6) is 5.75 Å². The lowest BCUT2D eigenvalue weighted by molar-refractivity contribution is -0.384. The van der Waals surface area contributed by atoms with Gasteiger partial charge in [0.25, 0.3) is 5.69 Å². The number of ether oxygens (including phenoxy) is 1. The molecule has 28 heavy (non-hydrogen) atoms. The second-order valence-corrected chi connectivity index (χ2v) is 6.14. The zero-order valence-electron chi connectivity index (χ0n) is 14.5. The van der Waals surface area contributed by atoms with E-state index < -0.39 is 10.7 Å². The van der Waals surface area contributed by atoms with E-state index in [1.807, 2.05) is 0 Å². The van der Waals surface area contributed by atoms with Crippen LogP contribution in [0, 0.1) is 15.9 Å². The molecule has 6 nitrogen and oxygen atoms in total. The van der Waals surface area contributed by atoms with Crippen molar-refractivity contribution in [1.29, 1.82) is 0 Å². The molecule has 3 aromatic rings. The monoisotopic (exact) mass is 399 g/mol. The third-order valence-corrected chi connectivity index (χ3v) is 4.16. The third-order valence-electron chi connectivity index (χ3n) is 3.81. The van der Waals surface area contributed by atoms with Crippen LogP contribution in [0.15, 0.2) is 71.8 Å². The molecule has 3 aromatic carbocycles. The van der Waals surface area contributed by atoms with Gasteiger partial charge in [-0.3, -0.25) is 15.5 Å². The Morgan fingerprint density at radius 2 is 1.82 bits per heavy atom. The Balaban J connectivity index is 1.55. The summed E-state index contributed by atoms with van der Waals surface area (Å²) < 4.78 is 19.3. The Morgan fingerprint density at radius 3 is 2.46 bits per heavy atom. The van der Waals surface area contributed by atoms with Crippen LogP contribution in [-0.4, -0.2) is 11.1 Å². The molecule has 0 fully saturated rings. The van der Waals surface area contributed by atoms with E-state index >= 15 is 0 Å². The predicted molar refractivity (Wildman–Crippen MR) is 106 cm³/mol. The zero-order chi connectivity index (χ0) is 19.9. The van der Waals surface area contributed by atoms with Gasteiger partial charge in [0.05, 0.1) is 21.8 Å². The van der Waals surface area contributed by atoms with Gasteiger partial charge in [-0.1, -0.05) is 17.7 Å². The SMILES string of the molecule is O=[N+]([O-])c1ccc(NN=Cc2ccc(OCc3c(F)cccc3Cl)cc2)cc1. The summed E-state index contributed by atoms with van der Waals surface area (Å²) in [6.07, 6.45) is 1.60. The molecule has 0 saturated carbocycles. The summed E-state index contributed by atoms with van der Waals surface area (Å²) in [5.74, 6) is 0.161. The van der Waals surface area contributed by atoms with Crippen molar-refractivity contribution in [2.45, 2.75) is 6.61 Å². The van der Waals surface area contributed by atoms with E-state index in [0.29, 0.717) is 22.0 Å². The van der Waals surface area contributed by atoms with E-state index in [1.165, 1.54) is 18.2 Å². The molecule has 0 aliphatic rings. The first kappa shape index (κ1) is 19.3. The summed E-state index contributed by atoms with van der Waals surface area (Å²) in [6, 6.07) is 17.5. The number of hydrogen-bond donors (Lipinski definition) is 1. The van der Waals surface area contributed by atoms with Crippen molar-refractivity contribution in [1.82, 2.24) is 0 Å². The number of hydrazone groups is 1. The van der Waals surface area contributed by atoms with Crippen LogP contribution < -0.4 is 10.2 Å². The molecule has 0 atom stereocenters. The number of nitro benzene ring substituents is 1. The third kappa shape index (κ3) is 5.05. The maximum Gasteiger partial charge on any atom is 0.269 e. The van der Waals surface area contributed by atoms with Crippen LogP contribution in [0.25, 0.3) is 0 Å². The summed E-state index contributed by atoms with van der Waals surface area (Å²) in [6.45, 7) is 0.0284. The van der Waals surface area contributed by atoms with Crippen LogP contribution in [0.1, 0.15) is 11.1 Å². The summed E-state index contributed by atoms with van der Waals surface area (Å²) in [4.78, 5) is 10.2. The number of nitro groups is 1. The molecule has 0 amide bonds. The van der Waals surface area contributed by atoms with E-state index in [1.54, 1.807) is 54.7 Å². The van der Waals surface area contributed by atoms with Crippen LogP contribution in [-0.2, 0) is 6.61 Å². The Labute approximate surface area is 165 Å². The number of nitrogens with zero attached hydrogens (tertiary/aromatic N) is 2. The van der Waals surface area contributed by atoms with E-state index in [0.717, 1.165) is 5.56 Å². The van der Waals surface area contributed by atoms with Gasteiger partial charge in [-0.25, -0.2) is 4.39 Å². The van der Waals surface area contributed by atoms with Crippen molar-refractivity contribution >= 4 is 29.2 Å². The zero-order valence-corrected chi connectivity index (χ0v) is 15.3. The summed E-state index contributed by atoms with van der Waals surface area (Å²) in [5, 5.41) is 15.0. The van der Waals surface area contributed by atoms with Gasteiger partial charge in [-0.05, 0) is 54.1 Å². The minimum Gasteiger partial charge on any atom is -0.489 e. The maximum absolute atomic E-state index is 13.7. The van der Waals surface area contributed by atoms with Gasteiger partial charge >= 0.3 is 0 Å². The average molecular weight is 400 g/mol. The highest BCUT2D eigenvalue weighted by Crippen LogP contribution is 2.21. The molecule has 0 bridgehead atoms. The van der Waals surface area contributed by atoms with Crippen molar-refractivity contribution in [2.75, 3.05) is 5.43 Å². The lowest BCUT2D eigenvalue weighted by Crippen LogP contribution is -1.99. The largest absolute Gasteiger partial charge is 0.489 e. The van der Waals surface area contributed by atoms with Gasteiger partial charge in [0.15, 0.2) is 0 Å². The highest BCUT2D eigenvalue weighted by molar-refractivity contribution is 6.31. The second kappa shape index (κ2) is 8.96. The molecule has 0 saturated heterocycles. The normalized spacial score (nSPS) is 10.8. The molecule has 8 heteroatoms. The van der Waals surface area contributed by atoms with E-state index in [-0.39, 0.29) is 12.3 Å². The number of halogens is 2. The Kier molecular flexibility index (Phi) is 6.18. The fraction of sp³-hybridized carbons (Fsp3) is 0.0500. The quantitative estimate of drug-likeness (QED) is 0.327. The predicted octanol–water partition coefficient (Wildman–Crippen LogP) is 5.41. The van der Waals surface area contributed by atoms with Crippen LogP contribution >= 0.6 is 11.6 Å². The minimum atomic E-state index is -0.462. The highest BCUT2D eigenvalue weighted by atomic mass is 35.5. The van der Waals surface area contributed by atoms with E-state index in [9.17, 15) is 14.5 Å². The fourth-order valence-electron chi connectivity index (χ4n) is 2.31. The van der Waals surface area contributed by atoms with Crippen LogP contribution in [0.2, 0.25) is 5.02 Å². The number of rotatable bonds is 7. The topological polar surface area (TPSA) is 76.8 Å². The molecule has 142 valence electrons. The van der Waals surface area contributed by atoms with Crippen molar-refractivity contribution in [3.05, 3.63) is 98.8 Å². The van der Waals surface area contributed by atoms with Gasteiger partial charge in [0.2, 0.25) is 0 Å². The number of non-ortho nitro benzene ring substituents is 1. The van der Waals surface area contributed by atoms with Gasteiger partial charge < -0.3 is 4.74 Å². The molecule has 0 spiro atoms. The smallest absolute Gasteiger partial charge is 0.269 e.